The molecular weight excluding hydrogens is 543 g/mol. The van der Waals surface area contributed by atoms with Crippen LogP contribution in [0.4, 0.5) is 18.9 Å². The van der Waals surface area contributed by atoms with E-state index in [9.17, 15) is 27.9 Å². The van der Waals surface area contributed by atoms with E-state index in [1.54, 1.807) is 72.9 Å². The SMILES string of the molecule is O=C(O)c1ccc2c(CNc3cccc(-c4c(C(=O)c5ccccc5)cnc5c(C(F)(F)F)cccc45)c3)c[nH]c2c1. The maximum atomic E-state index is 13.9. The Morgan fingerprint density at radius 1 is 0.857 bits per heavy atom. The number of carbonyl (C=O) groups is 2. The predicted octanol–water partition coefficient (Wildman–Crippen LogP) is 7.94. The summed E-state index contributed by atoms with van der Waals surface area (Å²) >= 11 is 0. The topological polar surface area (TPSA) is 95.1 Å². The molecular formula is C33H22F3N3O3. The van der Waals surface area contributed by atoms with Gasteiger partial charge in [-0.25, -0.2) is 4.79 Å². The number of anilines is 1. The lowest BCUT2D eigenvalue weighted by Gasteiger charge is -2.16. The maximum absolute atomic E-state index is 13.9. The number of pyridine rings is 1. The normalized spacial score (nSPS) is 11.6. The Labute approximate surface area is 237 Å². The quantitative estimate of drug-likeness (QED) is 0.171. The Hall–Kier alpha value is -5.44. The first kappa shape index (κ1) is 26.8. The number of rotatable bonds is 7. The summed E-state index contributed by atoms with van der Waals surface area (Å²) in [6.07, 6.45) is -1.61. The van der Waals surface area contributed by atoms with Crippen molar-refractivity contribution in [3.05, 3.63) is 131 Å². The van der Waals surface area contributed by atoms with Crippen LogP contribution in [0.15, 0.2) is 103 Å². The van der Waals surface area contributed by atoms with Crippen molar-refractivity contribution in [2.75, 3.05) is 5.32 Å². The van der Waals surface area contributed by atoms with Gasteiger partial charge >= 0.3 is 12.1 Å². The molecule has 6 rings (SSSR count). The van der Waals surface area contributed by atoms with Crippen molar-refractivity contribution in [1.29, 1.82) is 0 Å². The number of halogens is 3. The van der Waals surface area contributed by atoms with Crippen LogP contribution in [0, 0.1) is 0 Å². The molecule has 6 nitrogen and oxygen atoms in total. The zero-order valence-electron chi connectivity index (χ0n) is 21.9. The lowest BCUT2D eigenvalue weighted by molar-refractivity contribution is -0.136. The van der Waals surface area contributed by atoms with Gasteiger partial charge in [0, 0.05) is 57.6 Å². The average Bonchev–Trinajstić information content (AvgIpc) is 3.41. The molecule has 0 bridgehead atoms. The number of hydrogen-bond donors (Lipinski definition) is 3. The molecule has 0 amide bonds. The third-order valence-corrected chi connectivity index (χ3v) is 7.13. The van der Waals surface area contributed by atoms with Crippen LogP contribution in [0.5, 0.6) is 0 Å². The molecule has 0 saturated heterocycles. The number of H-pyrrole nitrogens is 1. The fraction of sp³-hybridized carbons (Fsp3) is 0.0606. The Bertz CT molecular complexity index is 1980. The number of hydrogen-bond acceptors (Lipinski definition) is 4. The number of carbonyl (C=O) groups excluding carboxylic acids is 1. The minimum atomic E-state index is -4.62. The highest BCUT2D eigenvalue weighted by atomic mass is 19.4. The van der Waals surface area contributed by atoms with Gasteiger partial charge in [-0.1, -0.05) is 60.7 Å². The Kier molecular flexibility index (Phi) is 6.70. The van der Waals surface area contributed by atoms with Crippen molar-refractivity contribution in [2.45, 2.75) is 12.7 Å². The first-order valence-corrected chi connectivity index (χ1v) is 13.0. The van der Waals surface area contributed by atoms with Crippen molar-refractivity contribution in [3.63, 3.8) is 0 Å². The van der Waals surface area contributed by atoms with Gasteiger partial charge in [0.1, 0.15) is 0 Å². The number of aromatic nitrogens is 2. The molecule has 42 heavy (non-hydrogen) atoms. The molecule has 2 aromatic heterocycles. The highest BCUT2D eigenvalue weighted by Crippen LogP contribution is 2.39. The summed E-state index contributed by atoms with van der Waals surface area (Å²) in [6, 6.07) is 24.4. The minimum Gasteiger partial charge on any atom is -0.478 e. The van der Waals surface area contributed by atoms with E-state index in [1.165, 1.54) is 18.3 Å². The van der Waals surface area contributed by atoms with E-state index in [1.807, 2.05) is 6.07 Å². The smallest absolute Gasteiger partial charge is 0.418 e. The number of benzene rings is 4. The van der Waals surface area contributed by atoms with E-state index >= 15 is 0 Å². The number of alkyl halides is 3. The first-order chi connectivity index (χ1) is 20.2. The summed E-state index contributed by atoms with van der Waals surface area (Å²) in [4.78, 5) is 32.1. The summed E-state index contributed by atoms with van der Waals surface area (Å²) in [7, 11) is 0. The molecule has 6 aromatic rings. The molecule has 9 heteroatoms. The zero-order chi connectivity index (χ0) is 29.4. The lowest BCUT2D eigenvalue weighted by Crippen LogP contribution is -2.09. The number of nitrogens with zero attached hydrogens (tertiary/aromatic N) is 1. The number of fused-ring (bicyclic) bond motifs is 2. The Morgan fingerprint density at radius 3 is 2.40 bits per heavy atom. The van der Waals surface area contributed by atoms with Crippen LogP contribution in [0.25, 0.3) is 32.9 Å². The van der Waals surface area contributed by atoms with Crippen LogP contribution in [0.1, 0.15) is 37.4 Å². The maximum Gasteiger partial charge on any atom is 0.418 e. The van der Waals surface area contributed by atoms with Gasteiger partial charge in [0.05, 0.1) is 16.6 Å². The zero-order valence-corrected chi connectivity index (χ0v) is 21.9. The van der Waals surface area contributed by atoms with Crippen molar-refractivity contribution >= 4 is 39.2 Å². The molecule has 0 fully saturated rings. The third-order valence-electron chi connectivity index (χ3n) is 7.13. The van der Waals surface area contributed by atoms with Gasteiger partial charge in [0.2, 0.25) is 0 Å². The number of carboxylic acid groups (broad SMARTS) is 1. The number of aromatic carboxylic acids is 1. The van der Waals surface area contributed by atoms with Gasteiger partial charge in [-0.3, -0.25) is 9.78 Å². The molecule has 0 aliphatic heterocycles. The molecule has 208 valence electrons. The number of ketones is 1. The monoisotopic (exact) mass is 565 g/mol. The van der Waals surface area contributed by atoms with Crippen molar-refractivity contribution in [2.24, 2.45) is 0 Å². The van der Waals surface area contributed by atoms with E-state index in [-0.39, 0.29) is 27.8 Å². The van der Waals surface area contributed by atoms with Crippen molar-refractivity contribution in [3.8, 4) is 11.1 Å². The summed E-state index contributed by atoms with van der Waals surface area (Å²) in [5, 5.41) is 13.7. The fourth-order valence-electron chi connectivity index (χ4n) is 5.13. The number of carboxylic acids is 1. The minimum absolute atomic E-state index is 0.177. The largest absolute Gasteiger partial charge is 0.478 e. The van der Waals surface area contributed by atoms with Crippen LogP contribution < -0.4 is 5.32 Å². The molecule has 0 spiro atoms. The molecule has 4 aromatic carbocycles. The second-order valence-corrected chi connectivity index (χ2v) is 9.76. The van der Waals surface area contributed by atoms with E-state index in [0.29, 0.717) is 34.4 Å². The van der Waals surface area contributed by atoms with E-state index in [2.05, 4.69) is 15.3 Å². The van der Waals surface area contributed by atoms with Crippen LogP contribution in [0.3, 0.4) is 0 Å². The summed E-state index contributed by atoms with van der Waals surface area (Å²) in [6.45, 7) is 0.390. The van der Waals surface area contributed by atoms with Crippen LogP contribution in [-0.2, 0) is 12.7 Å². The van der Waals surface area contributed by atoms with Crippen LogP contribution in [-0.4, -0.2) is 26.8 Å². The van der Waals surface area contributed by atoms with Crippen LogP contribution >= 0.6 is 0 Å². The first-order valence-electron chi connectivity index (χ1n) is 13.0. The van der Waals surface area contributed by atoms with Gasteiger partial charge in [-0.2, -0.15) is 13.2 Å². The Morgan fingerprint density at radius 2 is 1.64 bits per heavy atom. The highest BCUT2D eigenvalue weighted by Gasteiger charge is 2.34. The number of aromatic amines is 1. The molecule has 0 atom stereocenters. The highest BCUT2D eigenvalue weighted by molar-refractivity contribution is 6.16. The van der Waals surface area contributed by atoms with Crippen molar-refractivity contribution < 1.29 is 27.9 Å². The second-order valence-electron chi connectivity index (χ2n) is 9.76. The predicted molar refractivity (Wildman–Crippen MR) is 155 cm³/mol. The van der Waals surface area contributed by atoms with Gasteiger partial charge in [-0.05, 0) is 41.5 Å². The summed E-state index contributed by atoms with van der Waals surface area (Å²) in [5.41, 5.74) is 2.83. The van der Waals surface area contributed by atoms with Gasteiger partial charge < -0.3 is 15.4 Å². The van der Waals surface area contributed by atoms with E-state index in [4.69, 9.17) is 0 Å². The third kappa shape index (κ3) is 4.96. The fourth-order valence-corrected chi connectivity index (χ4v) is 5.13. The number of para-hydroxylation sites is 1. The second kappa shape index (κ2) is 10.5. The van der Waals surface area contributed by atoms with Gasteiger partial charge in [0.25, 0.3) is 0 Å². The summed E-state index contributed by atoms with van der Waals surface area (Å²) < 4.78 is 41.7. The average molecular weight is 566 g/mol. The molecule has 0 unspecified atom stereocenters. The number of nitrogens with one attached hydrogen (secondary N) is 2. The molecule has 3 N–H and O–H groups in total. The molecule has 0 aliphatic carbocycles. The van der Waals surface area contributed by atoms with Gasteiger partial charge in [0.15, 0.2) is 5.78 Å². The van der Waals surface area contributed by atoms with E-state index in [0.717, 1.165) is 17.0 Å². The lowest BCUT2D eigenvalue weighted by atomic mass is 9.91. The molecule has 2 heterocycles. The van der Waals surface area contributed by atoms with Gasteiger partial charge in [-0.15, -0.1) is 0 Å². The molecule has 0 saturated carbocycles. The Balaban J connectivity index is 1.42. The van der Waals surface area contributed by atoms with E-state index < -0.39 is 17.7 Å². The molecule has 0 radical (unpaired) electrons. The van der Waals surface area contributed by atoms with Crippen LogP contribution in [0.2, 0.25) is 0 Å². The standard InChI is InChI=1S/C33H22F3N3O3/c34-33(35,36)27-11-5-10-25-29(26(18-39-30(25)27)31(40)19-6-2-1-3-7-19)20-8-4-9-23(14-20)37-16-22-17-38-28-15-21(32(41)42)12-13-24(22)28/h1-15,17-18,37-38H,16H2,(H,41,42). The summed E-state index contributed by atoms with van der Waals surface area (Å²) in [5.74, 6) is -1.37. The molecule has 0 aliphatic rings. The van der Waals surface area contributed by atoms with Crippen molar-refractivity contribution in [1.82, 2.24) is 9.97 Å².